The smallest absolute Gasteiger partial charge is 0.354 e. The van der Waals surface area contributed by atoms with E-state index in [1.54, 1.807) is 0 Å². The Labute approximate surface area is 91.4 Å². The molecule has 0 saturated carbocycles. The summed E-state index contributed by atoms with van der Waals surface area (Å²) in [4.78, 5) is 19.3. The molecule has 0 spiro atoms. The molecule has 16 heavy (non-hydrogen) atoms. The van der Waals surface area contributed by atoms with Gasteiger partial charge >= 0.3 is 5.97 Å². The summed E-state index contributed by atoms with van der Waals surface area (Å²) in [6.07, 6.45) is 1.41. The van der Waals surface area contributed by atoms with Crippen LogP contribution in [0.2, 0.25) is 0 Å². The van der Waals surface area contributed by atoms with E-state index in [1.165, 1.54) is 6.20 Å². The average molecular weight is 218 g/mol. The van der Waals surface area contributed by atoms with Gasteiger partial charge in [-0.05, 0) is 19.9 Å². The highest BCUT2D eigenvalue weighted by Crippen LogP contribution is 2.18. The zero-order chi connectivity index (χ0) is 11.7. The molecule has 0 fully saturated rings. The van der Waals surface area contributed by atoms with Gasteiger partial charge in [-0.15, -0.1) is 0 Å². The van der Waals surface area contributed by atoms with Crippen molar-refractivity contribution in [2.24, 2.45) is 0 Å². The topological polar surface area (TPSA) is 91.8 Å². The molecule has 0 aliphatic heterocycles. The SMILES string of the molecule is Cc1cc(C)nc(-c2cn[nH]c2C(=O)O)n1. The number of hydrogen-bond acceptors (Lipinski definition) is 4. The Balaban J connectivity index is 2.58. The molecule has 0 bridgehead atoms. The Morgan fingerprint density at radius 2 is 1.94 bits per heavy atom. The molecule has 0 atom stereocenters. The summed E-state index contributed by atoms with van der Waals surface area (Å²) in [5, 5.41) is 15.0. The molecule has 2 N–H and O–H groups in total. The van der Waals surface area contributed by atoms with E-state index in [9.17, 15) is 4.79 Å². The first-order valence-electron chi connectivity index (χ1n) is 4.67. The number of aryl methyl sites for hydroxylation is 2. The van der Waals surface area contributed by atoms with Crippen molar-refractivity contribution in [1.82, 2.24) is 20.2 Å². The number of nitrogens with one attached hydrogen (secondary N) is 1. The number of rotatable bonds is 2. The second-order valence-corrected chi connectivity index (χ2v) is 3.44. The van der Waals surface area contributed by atoms with E-state index in [0.717, 1.165) is 11.4 Å². The molecule has 0 aliphatic carbocycles. The Morgan fingerprint density at radius 3 is 2.50 bits per heavy atom. The van der Waals surface area contributed by atoms with E-state index in [0.29, 0.717) is 11.4 Å². The third kappa shape index (κ3) is 1.77. The highest BCUT2D eigenvalue weighted by molar-refractivity contribution is 5.92. The van der Waals surface area contributed by atoms with Gasteiger partial charge in [-0.2, -0.15) is 5.10 Å². The first-order valence-corrected chi connectivity index (χ1v) is 4.67. The second kappa shape index (κ2) is 3.73. The van der Waals surface area contributed by atoms with Crippen molar-refractivity contribution < 1.29 is 9.90 Å². The van der Waals surface area contributed by atoms with Crippen molar-refractivity contribution in [3.05, 3.63) is 29.3 Å². The van der Waals surface area contributed by atoms with Crippen LogP contribution in [0.5, 0.6) is 0 Å². The van der Waals surface area contributed by atoms with Crippen LogP contribution in [-0.4, -0.2) is 31.2 Å². The summed E-state index contributed by atoms with van der Waals surface area (Å²) in [6.45, 7) is 3.66. The van der Waals surface area contributed by atoms with Crippen LogP contribution in [0, 0.1) is 13.8 Å². The molecular formula is C10H10N4O2. The molecule has 2 aromatic rings. The third-order valence-corrected chi connectivity index (χ3v) is 2.08. The monoisotopic (exact) mass is 218 g/mol. The number of nitrogens with zero attached hydrogens (tertiary/aromatic N) is 3. The summed E-state index contributed by atoms with van der Waals surface area (Å²) in [7, 11) is 0. The quantitative estimate of drug-likeness (QED) is 0.789. The number of carboxylic acids is 1. The maximum absolute atomic E-state index is 10.9. The third-order valence-electron chi connectivity index (χ3n) is 2.08. The number of hydrogen-bond donors (Lipinski definition) is 2. The molecule has 0 amide bonds. The van der Waals surface area contributed by atoms with Crippen molar-refractivity contribution in [2.75, 3.05) is 0 Å². The van der Waals surface area contributed by atoms with E-state index in [-0.39, 0.29) is 5.69 Å². The number of aromatic carboxylic acids is 1. The summed E-state index contributed by atoms with van der Waals surface area (Å²) in [5.74, 6) is -0.695. The first-order chi connectivity index (χ1) is 7.58. The van der Waals surface area contributed by atoms with Crippen molar-refractivity contribution >= 4 is 5.97 Å². The largest absolute Gasteiger partial charge is 0.477 e. The normalized spacial score (nSPS) is 10.4. The number of H-pyrrole nitrogens is 1. The fourth-order valence-corrected chi connectivity index (χ4v) is 1.47. The fourth-order valence-electron chi connectivity index (χ4n) is 1.47. The van der Waals surface area contributed by atoms with E-state index in [2.05, 4.69) is 20.2 Å². The minimum atomic E-state index is -1.07. The second-order valence-electron chi connectivity index (χ2n) is 3.44. The molecule has 6 heteroatoms. The average Bonchev–Trinajstić information content (AvgIpc) is 2.63. The van der Waals surface area contributed by atoms with Crippen LogP contribution in [0.15, 0.2) is 12.3 Å². The Morgan fingerprint density at radius 1 is 1.31 bits per heavy atom. The van der Waals surface area contributed by atoms with Gasteiger partial charge in [0.2, 0.25) is 0 Å². The number of aromatic amines is 1. The lowest BCUT2D eigenvalue weighted by Gasteiger charge is -2.01. The van der Waals surface area contributed by atoms with Gasteiger partial charge in [0.05, 0.1) is 11.8 Å². The highest BCUT2D eigenvalue weighted by atomic mass is 16.4. The van der Waals surface area contributed by atoms with Crippen molar-refractivity contribution in [2.45, 2.75) is 13.8 Å². The zero-order valence-corrected chi connectivity index (χ0v) is 8.85. The molecule has 0 radical (unpaired) electrons. The molecule has 0 aliphatic rings. The van der Waals surface area contributed by atoms with E-state index in [4.69, 9.17) is 5.11 Å². The van der Waals surface area contributed by atoms with Crippen LogP contribution in [0.1, 0.15) is 21.9 Å². The van der Waals surface area contributed by atoms with Crippen LogP contribution >= 0.6 is 0 Å². The summed E-state index contributed by atoms with van der Waals surface area (Å²) in [6, 6.07) is 1.82. The van der Waals surface area contributed by atoms with Gasteiger partial charge in [0.1, 0.15) is 0 Å². The standard InChI is InChI=1S/C10H10N4O2/c1-5-3-6(2)13-9(12-5)7-4-11-14-8(7)10(15)16/h3-4H,1-2H3,(H,11,14)(H,15,16). The molecule has 0 aromatic carbocycles. The molecule has 2 rings (SSSR count). The van der Waals surface area contributed by atoms with Crippen LogP contribution in [0.4, 0.5) is 0 Å². The molecular weight excluding hydrogens is 208 g/mol. The van der Waals surface area contributed by atoms with Gasteiger partial charge in [-0.25, -0.2) is 14.8 Å². The lowest BCUT2D eigenvalue weighted by atomic mass is 10.2. The minimum Gasteiger partial charge on any atom is -0.477 e. The van der Waals surface area contributed by atoms with Crippen LogP contribution in [0.3, 0.4) is 0 Å². The summed E-state index contributed by atoms with van der Waals surface area (Å²) < 4.78 is 0. The fraction of sp³-hybridized carbons (Fsp3) is 0.200. The van der Waals surface area contributed by atoms with Crippen LogP contribution in [-0.2, 0) is 0 Å². The Hall–Kier alpha value is -2.24. The molecule has 6 nitrogen and oxygen atoms in total. The zero-order valence-electron chi connectivity index (χ0n) is 8.85. The van der Waals surface area contributed by atoms with Crippen LogP contribution < -0.4 is 0 Å². The summed E-state index contributed by atoms with van der Waals surface area (Å²) in [5.41, 5.74) is 1.99. The predicted octanol–water partition coefficient (Wildman–Crippen LogP) is 1.18. The maximum atomic E-state index is 10.9. The predicted molar refractivity (Wildman–Crippen MR) is 56.0 cm³/mol. The molecule has 2 aromatic heterocycles. The Bertz CT molecular complexity index is 527. The number of aromatic nitrogens is 4. The van der Waals surface area contributed by atoms with Crippen LogP contribution in [0.25, 0.3) is 11.4 Å². The van der Waals surface area contributed by atoms with Gasteiger partial charge in [0.25, 0.3) is 0 Å². The molecule has 0 unspecified atom stereocenters. The lowest BCUT2D eigenvalue weighted by molar-refractivity contribution is 0.0691. The molecule has 2 heterocycles. The van der Waals surface area contributed by atoms with Gasteiger partial charge in [-0.3, -0.25) is 5.10 Å². The summed E-state index contributed by atoms with van der Waals surface area (Å²) >= 11 is 0. The highest BCUT2D eigenvalue weighted by Gasteiger charge is 2.16. The lowest BCUT2D eigenvalue weighted by Crippen LogP contribution is -2.02. The van der Waals surface area contributed by atoms with Crippen molar-refractivity contribution in [3.8, 4) is 11.4 Å². The van der Waals surface area contributed by atoms with E-state index >= 15 is 0 Å². The van der Waals surface area contributed by atoms with E-state index < -0.39 is 5.97 Å². The van der Waals surface area contributed by atoms with Gasteiger partial charge in [0.15, 0.2) is 11.5 Å². The Kier molecular flexibility index (Phi) is 2.40. The van der Waals surface area contributed by atoms with Crippen molar-refractivity contribution in [3.63, 3.8) is 0 Å². The van der Waals surface area contributed by atoms with Gasteiger partial charge in [-0.1, -0.05) is 0 Å². The van der Waals surface area contributed by atoms with Gasteiger partial charge < -0.3 is 5.11 Å². The molecule has 82 valence electrons. The van der Waals surface area contributed by atoms with Crippen molar-refractivity contribution in [1.29, 1.82) is 0 Å². The first kappa shape index (κ1) is 10.3. The number of carbonyl (C=O) groups is 1. The van der Waals surface area contributed by atoms with Gasteiger partial charge in [0, 0.05) is 11.4 Å². The maximum Gasteiger partial charge on any atom is 0.354 e. The minimum absolute atomic E-state index is 0.00463. The number of carboxylic acid groups (broad SMARTS) is 1. The molecule has 0 saturated heterocycles. The van der Waals surface area contributed by atoms with E-state index in [1.807, 2.05) is 19.9 Å².